The Hall–Kier alpha value is -3.10. The molecule has 0 spiro atoms. The molecular formula is C16H21N3O6. The summed E-state index contributed by atoms with van der Waals surface area (Å²) in [4.78, 5) is 34.6. The summed E-state index contributed by atoms with van der Waals surface area (Å²) in [7, 11) is 0. The minimum Gasteiger partial charge on any atom is -0.445 e. The lowest BCUT2D eigenvalue weighted by Crippen LogP contribution is -2.48. The SMILES string of the molecule is CC(C)OC(=O)NN(C(=O)OC(C)C)/C(=C/c1ccccc1)[N+](=O)[O-]. The Labute approximate surface area is 145 Å². The maximum atomic E-state index is 12.2. The number of benzene rings is 1. The highest BCUT2D eigenvalue weighted by Crippen LogP contribution is 2.13. The van der Waals surface area contributed by atoms with Crippen molar-refractivity contribution in [3.8, 4) is 0 Å². The molecule has 0 radical (unpaired) electrons. The molecule has 0 atom stereocenters. The second-order valence-corrected chi connectivity index (χ2v) is 5.50. The molecule has 0 fully saturated rings. The van der Waals surface area contributed by atoms with Gasteiger partial charge in [0.25, 0.3) is 0 Å². The Kier molecular flexibility index (Phi) is 7.39. The molecule has 0 aromatic heterocycles. The van der Waals surface area contributed by atoms with E-state index in [4.69, 9.17) is 9.47 Å². The van der Waals surface area contributed by atoms with Gasteiger partial charge in [-0.3, -0.25) is 0 Å². The van der Waals surface area contributed by atoms with Gasteiger partial charge in [0.1, 0.15) is 6.10 Å². The summed E-state index contributed by atoms with van der Waals surface area (Å²) in [6, 6.07) is 8.33. The van der Waals surface area contributed by atoms with Crippen molar-refractivity contribution in [1.82, 2.24) is 10.4 Å². The van der Waals surface area contributed by atoms with E-state index in [0.717, 1.165) is 6.08 Å². The standard InChI is InChI=1S/C16H21N3O6/c1-11(2)24-15(20)17-18(16(21)25-12(3)4)14(19(22)23)10-13-8-6-5-7-9-13/h5-12H,1-4H3,(H,17,20)/b14-10-. The van der Waals surface area contributed by atoms with Gasteiger partial charge in [0.2, 0.25) is 0 Å². The number of carbonyl (C=O) groups is 2. The first kappa shape index (κ1) is 19.9. The molecule has 0 saturated heterocycles. The van der Waals surface area contributed by atoms with Crippen LogP contribution in [-0.2, 0) is 9.47 Å². The van der Waals surface area contributed by atoms with Gasteiger partial charge in [-0.25, -0.2) is 4.79 Å². The number of hydrogen-bond donors (Lipinski definition) is 1. The van der Waals surface area contributed by atoms with E-state index >= 15 is 0 Å². The van der Waals surface area contributed by atoms with Gasteiger partial charge in [-0.2, -0.15) is 4.79 Å². The Morgan fingerprint density at radius 2 is 1.68 bits per heavy atom. The van der Waals surface area contributed by atoms with Crippen LogP contribution in [-0.4, -0.2) is 34.3 Å². The van der Waals surface area contributed by atoms with E-state index in [1.807, 2.05) is 5.43 Å². The summed E-state index contributed by atoms with van der Waals surface area (Å²) in [5.41, 5.74) is 2.51. The molecule has 0 aliphatic heterocycles. The lowest BCUT2D eigenvalue weighted by molar-refractivity contribution is -0.443. The van der Waals surface area contributed by atoms with Crippen molar-refractivity contribution < 1.29 is 24.0 Å². The quantitative estimate of drug-likeness (QED) is 0.644. The summed E-state index contributed by atoms with van der Waals surface area (Å²) >= 11 is 0. The molecule has 0 aliphatic rings. The van der Waals surface area contributed by atoms with Crippen LogP contribution in [0.4, 0.5) is 9.59 Å². The fraction of sp³-hybridized carbons (Fsp3) is 0.375. The largest absolute Gasteiger partial charge is 0.532 e. The second kappa shape index (κ2) is 9.26. The van der Waals surface area contributed by atoms with Gasteiger partial charge < -0.3 is 19.6 Å². The lowest BCUT2D eigenvalue weighted by atomic mass is 10.2. The van der Waals surface area contributed by atoms with Crippen molar-refractivity contribution in [2.75, 3.05) is 0 Å². The minimum absolute atomic E-state index is 0.414. The Bertz CT molecular complexity index is 643. The fourth-order valence-electron chi connectivity index (χ4n) is 1.68. The molecule has 136 valence electrons. The summed E-state index contributed by atoms with van der Waals surface area (Å²) in [6.45, 7) is 6.36. The summed E-state index contributed by atoms with van der Waals surface area (Å²) in [6.07, 6.45) is -1.99. The Morgan fingerprint density at radius 1 is 1.12 bits per heavy atom. The van der Waals surface area contributed by atoms with Crippen LogP contribution in [0.3, 0.4) is 0 Å². The van der Waals surface area contributed by atoms with Crippen LogP contribution >= 0.6 is 0 Å². The van der Waals surface area contributed by atoms with Crippen molar-refractivity contribution in [2.24, 2.45) is 0 Å². The third kappa shape index (κ3) is 6.90. The topological polar surface area (TPSA) is 111 Å². The van der Waals surface area contributed by atoms with Crippen LogP contribution < -0.4 is 5.43 Å². The smallest absolute Gasteiger partial charge is 0.445 e. The van der Waals surface area contributed by atoms with E-state index in [2.05, 4.69) is 0 Å². The van der Waals surface area contributed by atoms with Crippen molar-refractivity contribution in [2.45, 2.75) is 39.9 Å². The normalized spacial score (nSPS) is 11.2. The maximum Gasteiger partial charge on any atom is 0.532 e. The molecule has 9 heteroatoms. The molecule has 25 heavy (non-hydrogen) atoms. The number of ether oxygens (including phenoxy) is 2. The maximum absolute atomic E-state index is 12.2. The molecule has 0 unspecified atom stereocenters. The van der Waals surface area contributed by atoms with Gasteiger partial charge in [-0.05, 0) is 43.2 Å². The molecule has 1 N–H and O–H groups in total. The van der Waals surface area contributed by atoms with Crippen LogP contribution in [0.15, 0.2) is 36.2 Å². The molecule has 1 aromatic rings. The monoisotopic (exact) mass is 351 g/mol. The highest BCUT2D eigenvalue weighted by atomic mass is 16.6. The number of hydrazine groups is 1. The molecule has 0 bridgehead atoms. The van der Waals surface area contributed by atoms with Crippen LogP contribution in [0.25, 0.3) is 6.08 Å². The Morgan fingerprint density at radius 3 is 2.16 bits per heavy atom. The number of carbonyl (C=O) groups excluding carboxylic acids is 2. The van der Waals surface area contributed by atoms with E-state index in [1.54, 1.807) is 58.0 Å². The number of amides is 2. The van der Waals surface area contributed by atoms with Crippen LogP contribution in [0.2, 0.25) is 0 Å². The summed E-state index contributed by atoms with van der Waals surface area (Å²) in [5.74, 6) is -0.683. The second-order valence-electron chi connectivity index (χ2n) is 5.50. The first-order valence-electron chi connectivity index (χ1n) is 7.59. The molecular weight excluding hydrogens is 330 g/mol. The minimum atomic E-state index is -1.10. The first-order chi connectivity index (χ1) is 11.7. The highest BCUT2D eigenvalue weighted by molar-refractivity contribution is 5.76. The zero-order chi connectivity index (χ0) is 19.0. The molecule has 1 aromatic carbocycles. The highest BCUT2D eigenvalue weighted by Gasteiger charge is 2.35. The predicted molar refractivity (Wildman–Crippen MR) is 89.6 cm³/mol. The van der Waals surface area contributed by atoms with Gasteiger partial charge in [-0.1, -0.05) is 30.3 Å². The molecule has 0 saturated carbocycles. The first-order valence-corrected chi connectivity index (χ1v) is 7.59. The van der Waals surface area contributed by atoms with Crippen molar-refractivity contribution in [3.05, 3.63) is 51.8 Å². The number of hydrogen-bond acceptors (Lipinski definition) is 6. The molecule has 0 heterocycles. The lowest BCUT2D eigenvalue weighted by Gasteiger charge is -2.18. The fourth-order valence-corrected chi connectivity index (χ4v) is 1.68. The van der Waals surface area contributed by atoms with Crippen LogP contribution in [0.5, 0.6) is 0 Å². The molecule has 9 nitrogen and oxygen atoms in total. The van der Waals surface area contributed by atoms with Gasteiger partial charge in [0, 0.05) is 6.08 Å². The van der Waals surface area contributed by atoms with Crippen LogP contribution in [0.1, 0.15) is 33.3 Å². The van der Waals surface area contributed by atoms with Crippen molar-refractivity contribution in [3.63, 3.8) is 0 Å². The van der Waals surface area contributed by atoms with Gasteiger partial charge in [0.05, 0.1) is 6.10 Å². The summed E-state index contributed by atoms with van der Waals surface area (Å²) in [5, 5.41) is 11.8. The third-order valence-corrected chi connectivity index (χ3v) is 2.58. The summed E-state index contributed by atoms with van der Waals surface area (Å²) < 4.78 is 9.83. The zero-order valence-electron chi connectivity index (χ0n) is 14.5. The van der Waals surface area contributed by atoms with Gasteiger partial charge in [-0.15, -0.1) is 5.43 Å². The number of rotatable bonds is 5. The predicted octanol–water partition coefficient (Wildman–Crippen LogP) is 3.16. The number of nitrogens with one attached hydrogen (secondary N) is 1. The Balaban J connectivity index is 3.20. The third-order valence-electron chi connectivity index (χ3n) is 2.58. The molecule has 2 amide bonds. The average molecular weight is 351 g/mol. The molecule has 1 rings (SSSR count). The average Bonchev–Trinajstić information content (AvgIpc) is 2.50. The number of nitrogens with zero attached hydrogens (tertiary/aromatic N) is 2. The zero-order valence-corrected chi connectivity index (χ0v) is 14.5. The van der Waals surface area contributed by atoms with E-state index in [-0.39, 0.29) is 0 Å². The van der Waals surface area contributed by atoms with E-state index < -0.39 is 35.1 Å². The molecule has 0 aliphatic carbocycles. The van der Waals surface area contributed by atoms with Crippen LogP contribution in [0, 0.1) is 10.1 Å². The van der Waals surface area contributed by atoms with Crippen molar-refractivity contribution in [1.29, 1.82) is 0 Å². The van der Waals surface area contributed by atoms with E-state index in [0.29, 0.717) is 10.6 Å². The van der Waals surface area contributed by atoms with E-state index in [9.17, 15) is 19.7 Å². The van der Waals surface area contributed by atoms with E-state index in [1.165, 1.54) is 0 Å². The van der Waals surface area contributed by atoms with Gasteiger partial charge in [0.15, 0.2) is 0 Å². The number of nitro groups is 1. The van der Waals surface area contributed by atoms with Crippen molar-refractivity contribution >= 4 is 18.3 Å². The van der Waals surface area contributed by atoms with Gasteiger partial charge >= 0.3 is 18.0 Å².